The summed E-state index contributed by atoms with van der Waals surface area (Å²) in [7, 11) is 0. The maximum absolute atomic E-state index is 13.3. The van der Waals surface area contributed by atoms with E-state index in [0.29, 0.717) is 19.4 Å². The van der Waals surface area contributed by atoms with Gasteiger partial charge >= 0.3 is 6.18 Å². The van der Waals surface area contributed by atoms with Crippen LogP contribution in [0.4, 0.5) is 17.6 Å². The molecule has 0 unspecified atom stereocenters. The fraction of sp³-hybridized carbons (Fsp3) is 0.440. The molecule has 1 aromatic heterocycles. The van der Waals surface area contributed by atoms with Crippen LogP contribution in [0.1, 0.15) is 48.1 Å². The van der Waals surface area contributed by atoms with Crippen LogP contribution in [0.3, 0.4) is 0 Å². The van der Waals surface area contributed by atoms with E-state index in [-0.39, 0.29) is 24.3 Å². The monoisotopic (exact) mass is 492 g/mol. The zero-order valence-corrected chi connectivity index (χ0v) is 19.3. The quantitative estimate of drug-likeness (QED) is 0.453. The van der Waals surface area contributed by atoms with Crippen LogP contribution in [0.2, 0.25) is 0 Å². The van der Waals surface area contributed by atoms with Crippen LogP contribution in [0.25, 0.3) is 0 Å². The molecular formula is C25H28F4N4O2. The maximum Gasteiger partial charge on any atom is 0.416 e. The van der Waals surface area contributed by atoms with Gasteiger partial charge in [0.15, 0.2) is 0 Å². The Balaban J connectivity index is 1.57. The smallest absolute Gasteiger partial charge is 0.394 e. The molecule has 0 saturated carbocycles. The van der Waals surface area contributed by atoms with Crippen molar-refractivity contribution in [2.45, 2.75) is 49.8 Å². The van der Waals surface area contributed by atoms with E-state index in [1.807, 2.05) is 30.3 Å². The lowest BCUT2D eigenvalue weighted by atomic mass is 9.76. The summed E-state index contributed by atoms with van der Waals surface area (Å²) in [6.07, 6.45) is -0.958. The molecule has 1 aliphatic rings. The molecule has 188 valence electrons. The highest BCUT2D eigenvalue weighted by atomic mass is 19.4. The summed E-state index contributed by atoms with van der Waals surface area (Å²) in [4.78, 5) is 0. The van der Waals surface area contributed by atoms with Crippen molar-refractivity contribution in [1.29, 1.82) is 0 Å². The van der Waals surface area contributed by atoms with Gasteiger partial charge in [-0.05, 0) is 48.6 Å². The second-order valence-electron chi connectivity index (χ2n) is 9.10. The topological polar surface area (TPSA) is 72.2 Å². The van der Waals surface area contributed by atoms with Gasteiger partial charge in [0, 0.05) is 6.54 Å². The molecule has 3 atom stereocenters. The summed E-state index contributed by atoms with van der Waals surface area (Å²) in [5.41, 5.74) is -0.956. The van der Waals surface area contributed by atoms with E-state index in [2.05, 4.69) is 15.5 Å². The van der Waals surface area contributed by atoms with Gasteiger partial charge in [-0.25, -0.2) is 4.39 Å². The van der Waals surface area contributed by atoms with Crippen molar-refractivity contribution in [3.63, 3.8) is 0 Å². The molecule has 0 radical (unpaired) electrons. The summed E-state index contributed by atoms with van der Waals surface area (Å²) in [6, 6.07) is 12.9. The lowest BCUT2D eigenvalue weighted by molar-refractivity contribution is -0.137. The third kappa shape index (κ3) is 5.24. The number of nitrogens with one attached hydrogen (secondary N) is 1. The van der Waals surface area contributed by atoms with Crippen LogP contribution >= 0.6 is 0 Å². The number of alkyl halides is 4. The van der Waals surface area contributed by atoms with Crippen molar-refractivity contribution in [2.75, 3.05) is 19.8 Å². The second kappa shape index (κ2) is 10.0. The largest absolute Gasteiger partial charge is 0.416 e. The van der Waals surface area contributed by atoms with Gasteiger partial charge in [-0.3, -0.25) is 0 Å². The van der Waals surface area contributed by atoms with Crippen molar-refractivity contribution in [3.05, 3.63) is 83.4 Å². The van der Waals surface area contributed by atoms with Gasteiger partial charge in [0.2, 0.25) is 0 Å². The number of benzene rings is 2. The van der Waals surface area contributed by atoms with Crippen molar-refractivity contribution in [1.82, 2.24) is 20.1 Å². The minimum absolute atomic E-state index is 0.0412. The number of aliphatic hydroxyl groups is 1. The Hall–Kier alpha value is -2.82. The lowest BCUT2D eigenvalue weighted by Gasteiger charge is -2.47. The predicted molar refractivity (Wildman–Crippen MR) is 121 cm³/mol. The van der Waals surface area contributed by atoms with E-state index in [1.54, 1.807) is 24.1 Å². The number of halogens is 4. The predicted octanol–water partition coefficient (Wildman–Crippen LogP) is 4.51. The van der Waals surface area contributed by atoms with Gasteiger partial charge in [-0.1, -0.05) is 36.4 Å². The molecule has 2 N–H and O–H groups in total. The number of aliphatic hydroxyl groups excluding tert-OH is 1. The molecule has 4 rings (SSSR count). The van der Waals surface area contributed by atoms with Crippen LogP contribution < -0.4 is 5.32 Å². The number of aromatic nitrogens is 3. The summed E-state index contributed by atoms with van der Waals surface area (Å²) in [6.45, 7) is 1.13. The zero-order chi connectivity index (χ0) is 25.1. The van der Waals surface area contributed by atoms with E-state index in [1.165, 1.54) is 6.07 Å². The van der Waals surface area contributed by atoms with E-state index in [4.69, 9.17) is 4.74 Å². The van der Waals surface area contributed by atoms with Crippen LogP contribution in [-0.4, -0.2) is 39.6 Å². The van der Waals surface area contributed by atoms with Gasteiger partial charge in [-0.2, -0.15) is 13.2 Å². The average molecular weight is 493 g/mol. The Morgan fingerprint density at radius 2 is 1.83 bits per heavy atom. The van der Waals surface area contributed by atoms with Gasteiger partial charge in [-0.15, -0.1) is 10.2 Å². The zero-order valence-electron chi connectivity index (χ0n) is 19.3. The average Bonchev–Trinajstić information content (AvgIpc) is 3.43. The molecular weight excluding hydrogens is 464 g/mol. The second-order valence-corrected chi connectivity index (χ2v) is 9.10. The van der Waals surface area contributed by atoms with Crippen molar-refractivity contribution < 1.29 is 27.4 Å². The summed E-state index contributed by atoms with van der Waals surface area (Å²) in [5.74, 6) is 0. The Morgan fingerprint density at radius 1 is 1.11 bits per heavy atom. The highest BCUT2D eigenvalue weighted by molar-refractivity contribution is 5.33. The van der Waals surface area contributed by atoms with Crippen LogP contribution in [0, 0.1) is 0 Å². The van der Waals surface area contributed by atoms with Gasteiger partial charge in [0.1, 0.15) is 19.3 Å². The Morgan fingerprint density at radius 3 is 2.40 bits per heavy atom. The first-order chi connectivity index (χ1) is 16.7. The minimum atomic E-state index is -4.58. The Kier molecular flexibility index (Phi) is 7.25. The molecule has 0 spiro atoms. The van der Waals surface area contributed by atoms with Crippen LogP contribution in [0.15, 0.2) is 61.2 Å². The van der Waals surface area contributed by atoms with Gasteiger partial charge in [0.25, 0.3) is 0 Å². The van der Waals surface area contributed by atoms with E-state index in [9.17, 15) is 22.7 Å². The molecule has 2 aromatic carbocycles. The molecule has 0 amide bonds. The fourth-order valence-electron chi connectivity index (χ4n) is 4.61. The summed E-state index contributed by atoms with van der Waals surface area (Å²) in [5, 5.41) is 21.5. The molecule has 0 aliphatic carbocycles. The summed E-state index contributed by atoms with van der Waals surface area (Å²) >= 11 is 0. The molecule has 10 heteroatoms. The summed E-state index contributed by atoms with van der Waals surface area (Å²) < 4.78 is 61.2. The number of ether oxygens (including phenoxy) is 1. The van der Waals surface area contributed by atoms with Gasteiger partial charge < -0.3 is 19.7 Å². The van der Waals surface area contributed by atoms with E-state index >= 15 is 0 Å². The first kappa shape index (κ1) is 25.3. The van der Waals surface area contributed by atoms with Crippen LogP contribution in [0.5, 0.6) is 0 Å². The number of piperidine rings is 1. The third-order valence-electron chi connectivity index (χ3n) is 6.91. The van der Waals surface area contributed by atoms with Crippen LogP contribution in [-0.2, 0) is 28.7 Å². The van der Waals surface area contributed by atoms with E-state index in [0.717, 1.165) is 17.7 Å². The Labute approximate surface area is 201 Å². The number of rotatable bonds is 8. The van der Waals surface area contributed by atoms with Gasteiger partial charge in [0.05, 0.1) is 36.0 Å². The highest BCUT2D eigenvalue weighted by Gasteiger charge is 2.45. The molecule has 1 fully saturated rings. The fourth-order valence-corrected chi connectivity index (χ4v) is 4.61. The molecule has 6 nitrogen and oxygen atoms in total. The third-order valence-corrected chi connectivity index (χ3v) is 6.91. The normalized spacial score (nSPS) is 23.8. The first-order valence-corrected chi connectivity index (χ1v) is 11.4. The molecule has 2 heterocycles. The minimum Gasteiger partial charge on any atom is -0.394 e. The highest BCUT2D eigenvalue weighted by Crippen LogP contribution is 2.39. The number of nitrogens with zero attached hydrogens (tertiary/aromatic N) is 3. The number of hydrogen-bond donors (Lipinski definition) is 2. The SMILES string of the molecule is C[C@H](OC[C@@]1(c2ccccc2)CC[C@@](CO)(n2cnnc2)CN1)c1cc(CF)cc(C(F)(F)F)c1. The molecule has 35 heavy (non-hydrogen) atoms. The molecule has 0 bridgehead atoms. The van der Waals surface area contributed by atoms with Crippen molar-refractivity contribution >= 4 is 0 Å². The van der Waals surface area contributed by atoms with Crippen molar-refractivity contribution in [3.8, 4) is 0 Å². The Bertz CT molecular complexity index is 1100. The van der Waals surface area contributed by atoms with E-state index < -0.39 is 35.6 Å². The molecule has 1 saturated heterocycles. The lowest BCUT2D eigenvalue weighted by Crippen LogP contribution is -2.60. The first-order valence-electron chi connectivity index (χ1n) is 11.4. The maximum atomic E-state index is 13.3. The van der Waals surface area contributed by atoms with Crippen molar-refractivity contribution in [2.24, 2.45) is 0 Å². The molecule has 3 aromatic rings. The standard InChI is InChI=1S/C25H28F4N4O2/c1-18(20-9-19(12-26)10-22(11-20)25(27,28)29)35-15-24(21-5-3-2-4-6-21)8-7-23(14-34,13-30-24)33-16-31-32-17-33/h2-6,9-11,16-18,30,34H,7-8,12-15H2,1H3/t18-,23+,24+/m0/s1. The number of hydrogen-bond acceptors (Lipinski definition) is 5. The molecule has 1 aliphatic heterocycles.